The van der Waals surface area contributed by atoms with Crippen LogP contribution in [0.3, 0.4) is 0 Å². The minimum atomic E-state index is 0.454. The van der Waals surface area contributed by atoms with Gasteiger partial charge in [-0.3, -0.25) is 0 Å². The van der Waals surface area contributed by atoms with E-state index in [4.69, 9.17) is 5.84 Å². The summed E-state index contributed by atoms with van der Waals surface area (Å²) in [6.45, 7) is 0. The van der Waals surface area contributed by atoms with E-state index in [1.807, 2.05) is 12.1 Å². The highest BCUT2D eigenvalue weighted by atomic mass is 15.2. The quantitative estimate of drug-likeness (QED) is 0.567. The Kier molecular flexibility index (Phi) is 2.86. The number of pyridine rings is 1. The number of rotatable bonds is 3. The molecule has 0 spiro atoms. The van der Waals surface area contributed by atoms with Gasteiger partial charge in [-0.1, -0.05) is 24.3 Å². The SMILES string of the molecule is NNc1cc(NC2Cc3ccccc3C2)ccn1. The standard InChI is InChI=1S/C14H16N4/c15-18-14-9-12(5-6-16-14)17-13-7-10-3-1-2-4-11(10)8-13/h1-6,9,13H,7-8,15H2,(H2,16,17,18). The maximum Gasteiger partial charge on any atom is 0.141 e. The number of aromatic nitrogens is 1. The Morgan fingerprint density at radius 3 is 2.50 bits per heavy atom. The van der Waals surface area contributed by atoms with Crippen molar-refractivity contribution in [1.29, 1.82) is 0 Å². The van der Waals surface area contributed by atoms with E-state index in [0.29, 0.717) is 11.9 Å². The third kappa shape index (κ3) is 2.15. The van der Waals surface area contributed by atoms with E-state index in [0.717, 1.165) is 18.5 Å². The Balaban J connectivity index is 1.72. The minimum absolute atomic E-state index is 0.454. The highest BCUT2D eigenvalue weighted by Gasteiger charge is 2.20. The largest absolute Gasteiger partial charge is 0.381 e. The van der Waals surface area contributed by atoms with Gasteiger partial charge >= 0.3 is 0 Å². The maximum absolute atomic E-state index is 5.36. The first-order chi connectivity index (χ1) is 8.85. The number of nitrogens with one attached hydrogen (secondary N) is 2. The molecule has 1 aromatic heterocycles. The van der Waals surface area contributed by atoms with Crippen molar-refractivity contribution in [2.75, 3.05) is 10.7 Å². The monoisotopic (exact) mass is 240 g/mol. The van der Waals surface area contributed by atoms with Crippen LogP contribution < -0.4 is 16.6 Å². The van der Waals surface area contributed by atoms with Crippen LogP contribution in [-0.2, 0) is 12.8 Å². The molecule has 3 rings (SSSR count). The van der Waals surface area contributed by atoms with E-state index >= 15 is 0 Å². The molecule has 1 heterocycles. The normalized spacial score (nSPS) is 14.3. The molecule has 0 fully saturated rings. The number of hydrogen-bond donors (Lipinski definition) is 3. The fraction of sp³-hybridized carbons (Fsp3) is 0.214. The topological polar surface area (TPSA) is 63.0 Å². The smallest absolute Gasteiger partial charge is 0.141 e. The fourth-order valence-electron chi connectivity index (χ4n) is 2.50. The lowest BCUT2D eigenvalue weighted by atomic mass is 10.1. The highest BCUT2D eigenvalue weighted by Crippen LogP contribution is 2.24. The summed E-state index contributed by atoms with van der Waals surface area (Å²) in [4.78, 5) is 4.10. The molecule has 18 heavy (non-hydrogen) atoms. The molecular formula is C14H16N4. The third-order valence-electron chi connectivity index (χ3n) is 3.33. The molecule has 1 aliphatic carbocycles. The van der Waals surface area contributed by atoms with Gasteiger partial charge in [-0.25, -0.2) is 10.8 Å². The number of hydrogen-bond acceptors (Lipinski definition) is 4. The molecule has 0 saturated heterocycles. The second kappa shape index (κ2) is 4.66. The Labute approximate surface area is 106 Å². The summed E-state index contributed by atoms with van der Waals surface area (Å²) in [5, 5.41) is 3.53. The first-order valence-electron chi connectivity index (χ1n) is 6.11. The number of benzene rings is 1. The van der Waals surface area contributed by atoms with Gasteiger partial charge in [-0.2, -0.15) is 0 Å². The van der Waals surface area contributed by atoms with Gasteiger partial charge in [0.25, 0.3) is 0 Å². The lowest BCUT2D eigenvalue weighted by molar-refractivity contribution is 0.774. The molecule has 1 aromatic carbocycles. The summed E-state index contributed by atoms with van der Waals surface area (Å²) in [7, 11) is 0. The van der Waals surface area contributed by atoms with Crippen LogP contribution in [0.1, 0.15) is 11.1 Å². The molecule has 0 aliphatic heterocycles. The molecule has 0 bridgehead atoms. The Hall–Kier alpha value is -2.07. The van der Waals surface area contributed by atoms with Crippen LogP contribution in [0.5, 0.6) is 0 Å². The number of fused-ring (bicyclic) bond motifs is 1. The van der Waals surface area contributed by atoms with Gasteiger partial charge in [-0.15, -0.1) is 0 Å². The van der Waals surface area contributed by atoms with E-state index in [9.17, 15) is 0 Å². The van der Waals surface area contributed by atoms with Gasteiger partial charge in [0.1, 0.15) is 5.82 Å². The fourth-order valence-corrected chi connectivity index (χ4v) is 2.50. The van der Waals surface area contributed by atoms with Crippen molar-refractivity contribution in [2.24, 2.45) is 5.84 Å². The molecule has 0 unspecified atom stereocenters. The van der Waals surface area contributed by atoms with E-state index < -0.39 is 0 Å². The van der Waals surface area contributed by atoms with Crippen LogP contribution in [0.4, 0.5) is 11.5 Å². The second-order valence-corrected chi connectivity index (χ2v) is 4.59. The van der Waals surface area contributed by atoms with Crippen molar-refractivity contribution in [3.63, 3.8) is 0 Å². The predicted molar refractivity (Wildman–Crippen MR) is 73.3 cm³/mol. The van der Waals surface area contributed by atoms with Gasteiger partial charge in [0, 0.05) is 24.0 Å². The minimum Gasteiger partial charge on any atom is -0.381 e. The van der Waals surface area contributed by atoms with Gasteiger partial charge in [0.15, 0.2) is 0 Å². The van der Waals surface area contributed by atoms with E-state index in [2.05, 4.69) is 40.0 Å². The Morgan fingerprint density at radius 2 is 1.83 bits per heavy atom. The third-order valence-corrected chi connectivity index (χ3v) is 3.33. The van der Waals surface area contributed by atoms with Crippen LogP contribution in [0, 0.1) is 0 Å². The summed E-state index contributed by atoms with van der Waals surface area (Å²) in [5.74, 6) is 6.03. The molecule has 0 radical (unpaired) electrons. The Morgan fingerprint density at radius 1 is 1.11 bits per heavy atom. The molecule has 1 aliphatic rings. The molecular weight excluding hydrogens is 224 g/mol. The molecule has 4 heteroatoms. The summed E-state index contributed by atoms with van der Waals surface area (Å²) in [5.41, 5.74) is 6.50. The average molecular weight is 240 g/mol. The van der Waals surface area contributed by atoms with E-state index in [1.165, 1.54) is 11.1 Å². The number of nitrogens with zero attached hydrogens (tertiary/aromatic N) is 1. The number of nitrogen functional groups attached to an aromatic ring is 1. The first kappa shape index (κ1) is 11.0. The van der Waals surface area contributed by atoms with Gasteiger partial charge in [0.2, 0.25) is 0 Å². The van der Waals surface area contributed by atoms with Gasteiger partial charge < -0.3 is 10.7 Å². The Bertz CT molecular complexity index is 528. The molecule has 92 valence electrons. The number of anilines is 2. The lowest BCUT2D eigenvalue weighted by Gasteiger charge is -2.14. The lowest BCUT2D eigenvalue weighted by Crippen LogP contribution is -2.19. The zero-order chi connectivity index (χ0) is 12.4. The molecule has 0 atom stereocenters. The first-order valence-corrected chi connectivity index (χ1v) is 6.11. The van der Waals surface area contributed by atoms with E-state index in [1.54, 1.807) is 6.20 Å². The molecule has 4 N–H and O–H groups in total. The maximum atomic E-state index is 5.36. The summed E-state index contributed by atoms with van der Waals surface area (Å²) >= 11 is 0. The molecule has 2 aromatic rings. The van der Waals surface area contributed by atoms with Crippen molar-refractivity contribution in [3.8, 4) is 0 Å². The predicted octanol–water partition coefficient (Wildman–Crippen LogP) is 1.95. The molecule has 0 saturated carbocycles. The second-order valence-electron chi connectivity index (χ2n) is 4.59. The van der Waals surface area contributed by atoms with Crippen LogP contribution in [0.2, 0.25) is 0 Å². The molecule has 0 amide bonds. The summed E-state index contributed by atoms with van der Waals surface area (Å²) in [6.07, 6.45) is 3.90. The van der Waals surface area contributed by atoms with Crippen molar-refractivity contribution in [2.45, 2.75) is 18.9 Å². The zero-order valence-electron chi connectivity index (χ0n) is 10.1. The van der Waals surface area contributed by atoms with Gasteiger partial charge in [0.05, 0.1) is 0 Å². The average Bonchev–Trinajstić information content (AvgIpc) is 2.81. The van der Waals surface area contributed by atoms with Crippen molar-refractivity contribution >= 4 is 11.5 Å². The van der Waals surface area contributed by atoms with Crippen molar-refractivity contribution < 1.29 is 0 Å². The van der Waals surface area contributed by atoms with Gasteiger partial charge in [-0.05, 0) is 30.0 Å². The van der Waals surface area contributed by atoms with Crippen molar-refractivity contribution in [1.82, 2.24) is 4.98 Å². The van der Waals surface area contributed by atoms with Crippen LogP contribution in [-0.4, -0.2) is 11.0 Å². The van der Waals surface area contributed by atoms with Crippen LogP contribution >= 0.6 is 0 Å². The highest BCUT2D eigenvalue weighted by molar-refractivity contribution is 5.53. The zero-order valence-corrected chi connectivity index (χ0v) is 10.1. The van der Waals surface area contributed by atoms with Crippen LogP contribution in [0.15, 0.2) is 42.6 Å². The summed E-state index contributed by atoms with van der Waals surface area (Å²) in [6, 6.07) is 12.9. The van der Waals surface area contributed by atoms with Crippen LogP contribution in [0.25, 0.3) is 0 Å². The number of nitrogens with two attached hydrogens (primary N) is 1. The summed E-state index contributed by atoms with van der Waals surface area (Å²) < 4.78 is 0. The van der Waals surface area contributed by atoms with Crippen molar-refractivity contribution in [3.05, 3.63) is 53.7 Å². The van der Waals surface area contributed by atoms with E-state index in [-0.39, 0.29) is 0 Å². The molecule has 4 nitrogen and oxygen atoms in total. The number of hydrazine groups is 1.